The standard InChI is InChI=1S/C14H13BrN2O2/c1-10-7-13(17(18)19)5-6-14(10)16-9-11-3-2-4-12(15)8-11/h2-8,16H,9H2,1H3. The van der Waals surface area contributed by atoms with Crippen LogP contribution >= 0.6 is 15.9 Å². The summed E-state index contributed by atoms with van der Waals surface area (Å²) < 4.78 is 1.03. The second-order valence-electron chi connectivity index (χ2n) is 4.24. The van der Waals surface area contributed by atoms with Crippen LogP contribution in [-0.4, -0.2) is 4.92 Å². The fourth-order valence-corrected chi connectivity index (χ4v) is 2.25. The molecule has 0 unspecified atom stereocenters. The van der Waals surface area contributed by atoms with Gasteiger partial charge in [-0.2, -0.15) is 0 Å². The van der Waals surface area contributed by atoms with Gasteiger partial charge in [0.15, 0.2) is 0 Å². The van der Waals surface area contributed by atoms with Crippen molar-refractivity contribution in [2.24, 2.45) is 0 Å². The summed E-state index contributed by atoms with van der Waals surface area (Å²) in [5.41, 5.74) is 3.03. The molecular weight excluding hydrogens is 308 g/mol. The summed E-state index contributed by atoms with van der Waals surface area (Å²) in [4.78, 5) is 10.3. The Morgan fingerprint density at radius 2 is 2.05 bits per heavy atom. The molecule has 19 heavy (non-hydrogen) atoms. The highest BCUT2D eigenvalue weighted by molar-refractivity contribution is 9.10. The zero-order valence-electron chi connectivity index (χ0n) is 10.4. The van der Waals surface area contributed by atoms with E-state index < -0.39 is 0 Å². The van der Waals surface area contributed by atoms with E-state index in [1.165, 1.54) is 6.07 Å². The molecule has 0 aliphatic carbocycles. The van der Waals surface area contributed by atoms with Gasteiger partial charge in [-0.15, -0.1) is 0 Å². The molecule has 0 saturated carbocycles. The first kappa shape index (κ1) is 13.5. The van der Waals surface area contributed by atoms with Gasteiger partial charge < -0.3 is 5.32 Å². The minimum absolute atomic E-state index is 0.116. The molecule has 5 heteroatoms. The Balaban J connectivity index is 2.10. The minimum Gasteiger partial charge on any atom is -0.381 e. The van der Waals surface area contributed by atoms with Gasteiger partial charge in [-0.25, -0.2) is 0 Å². The number of nitro benzene ring substituents is 1. The van der Waals surface area contributed by atoms with E-state index in [0.29, 0.717) is 6.54 Å². The first-order valence-corrected chi connectivity index (χ1v) is 6.59. The Morgan fingerprint density at radius 1 is 1.26 bits per heavy atom. The third kappa shape index (κ3) is 3.54. The molecular formula is C14H13BrN2O2. The summed E-state index contributed by atoms with van der Waals surface area (Å²) in [7, 11) is 0. The van der Waals surface area contributed by atoms with Crippen LogP contribution in [0.25, 0.3) is 0 Å². The smallest absolute Gasteiger partial charge is 0.269 e. The van der Waals surface area contributed by atoms with Crippen molar-refractivity contribution in [3.63, 3.8) is 0 Å². The normalized spacial score (nSPS) is 10.2. The molecule has 0 bridgehead atoms. The van der Waals surface area contributed by atoms with E-state index in [0.717, 1.165) is 21.3 Å². The molecule has 0 heterocycles. The molecule has 1 N–H and O–H groups in total. The molecule has 2 aromatic rings. The zero-order valence-corrected chi connectivity index (χ0v) is 12.0. The number of anilines is 1. The highest BCUT2D eigenvalue weighted by Crippen LogP contribution is 2.22. The van der Waals surface area contributed by atoms with E-state index in [2.05, 4.69) is 21.2 Å². The lowest BCUT2D eigenvalue weighted by Gasteiger charge is -2.09. The highest BCUT2D eigenvalue weighted by Gasteiger charge is 2.07. The number of nitrogens with zero attached hydrogens (tertiary/aromatic N) is 1. The number of hydrogen-bond acceptors (Lipinski definition) is 3. The van der Waals surface area contributed by atoms with Crippen molar-refractivity contribution in [2.45, 2.75) is 13.5 Å². The number of nitrogens with one attached hydrogen (secondary N) is 1. The predicted octanol–water partition coefficient (Wildman–Crippen LogP) is 4.28. The molecule has 0 fully saturated rings. The number of rotatable bonds is 4. The minimum atomic E-state index is -0.384. The van der Waals surface area contributed by atoms with Gasteiger partial charge in [0, 0.05) is 28.8 Å². The summed E-state index contributed by atoms with van der Waals surface area (Å²) in [5.74, 6) is 0. The number of aryl methyl sites for hydroxylation is 1. The maximum atomic E-state index is 10.7. The molecule has 0 aliphatic rings. The lowest BCUT2D eigenvalue weighted by Crippen LogP contribution is -2.01. The van der Waals surface area contributed by atoms with Crippen LogP contribution in [0.1, 0.15) is 11.1 Å². The number of nitro groups is 1. The van der Waals surface area contributed by atoms with Crippen LogP contribution in [0, 0.1) is 17.0 Å². The van der Waals surface area contributed by atoms with Crippen LogP contribution in [-0.2, 0) is 6.54 Å². The average Bonchev–Trinajstić information content (AvgIpc) is 2.37. The molecule has 2 aromatic carbocycles. The van der Waals surface area contributed by atoms with E-state index in [-0.39, 0.29) is 10.6 Å². The molecule has 0 saturated heterocycles. The Labute approximate surface area is 119 Å². The largest absolute Gasteiger partial charge is 0.381 e. The Kier molecular flexibility index (Phi) is 4.16. The fourth-order valence-electron chi connectivity index (χ4n) is 1.80. The first-order valence-electron chi connectivity index (χ1n) is 5.79. The SMILES string of the molecule is Cc1cc([N+](=O)[O-])ccc1NCc1cccc(Br)c1. The summed E-state index contributed by atoms with van der Waals surface area (Å²) in [6.45, 7) is 2.54. The molecule has 98 valence electrons. The van der Waals surface area contributed by atoms with Gasteiger partial charge in [0.2, 0.25) is 0 Å². The van der Waals surface area contributed by atoms with Crippen LogP contribution in [0.5, 0.6) is 0 Å². The summed E-state index contributed by atoms with van der Waals surface area (Å²) in [5, 5.41) is 13.9. The number of hydrogen-bond donors (Lipinski definition) is 1. The molecule has 2 rings (SSSR count). The third-order valence-corrected chi connectivity index (χ3v) is 3.29. The van der Waals surface area contributed by atoms with Gasteiger partial charge in [-0.3, -0.25) is 10.1 Å². The Bertz CT molecular complexity index is 614. The van der Waals surface area contributed by atoms with Gasteiger partial charge in [-0.1, -0.05) is 28.1 Å². The Hall–Kier alpha value is -1.88. The van der Waals surface area contributed by atoms with Crippen LogP contribution in [0.2, 0.25) is 0 Å². The molecule has 0 aliphatic heterocycles. The fraction of sp³-hybridized carbons (Fsp3) is 0.143. The highest BCUT2D eigenvalue weighted by atomic mass is 79.9. The summed E-state index contributed by atoms with van der Waals surface area (Å²) in [6, 6.07) is 12.8. The zero-order chi connectivity index (χ0) is 13.8. The first-order chi connectivity index (χ1) is 9.06. The second-order valence-corrected chi connectivity index (χ2v) is 5.16. The van der Waals surface area contributed by atoms with Gasteiger partial charge in [-0.05, 0) is 36.2 Å². The van der Waals surface area contributed by atoms with Crippen LogP contribution < -0.4 is 5.32 Å². The van der Waals surface area contributed by atoms with Crippen molar-refractivity contribution in [1.82, 2.24) is 0 Å². The molecule has 0 aromatic heterocycles. The lowest BCUT2D eigenvalue weighted by molar-refractivity contribution is -0.384. The van der Waals surface area contributed by atoms with E-state index in [1.807, 2.05) is 31.2 Å². The van der Waals surface area contributed by atoms with Crippen LogP contribution in [0.3, 0.4) is 0 Å². The van der Waals surface area contributed by atoms with Crippen LogP contribution in [0.4, 0.5) is 11.4 Å². The number of benzene rings is 2. The van der Waals surface area contributed by atoms with Crippen molar-refractivity contribution in [3.8, 4) is 0 Å². The van der Waals surface area contributed by atoms with Crippen molar-refractivity contribution in [1.29, 1.82) is 0 Å². The van der Waals surface area contributed by atoms with Crippen LogP contribution in [0.15, 0.2) is 46.9 Å². The van der Waals surface area contributed by atoms with Gasteiger partial charge in [0.25, 0.3) is 5.69 Å². The van der Waals surface area contributed by atoms with Gasteiger partial charge in [0.1, 0.15) is 0 Å². The maximum Gasteiger partial charge on any atom is 0.269 e. The van der Waals surface area contributed by atoms with E-state index in [1.54, 1.807) is 12.1 Å². The summed E-state index contributed by atoms with van der Waals surface area (Å²) in [6.07, 6.45) is 0. The van der Waals surface area contributed by atoms with E-state index >= 15 is 0 Å². The van der Waals surface area contributed by atoms with E-state index in [4.69, 9.17) is 0 Å². The quantitative estimate of drug-likeness (QED) is 0.675. The second kappa shape index (κ2) is 5.84. The third-order valence-electron chi connectivity index (χ3n) is 2.79. The molecule has 0 amide bonds. The summed E-state index contributed by atoms with van der Waals surface area (Å²) >= 11 is 3.43. The molecule has 0 spiro atoms. The van der Waals surface area contributed by atoms with Gasteiger partial charge >= 0.3 is 0 Å². The van der Waals surface area contributed by atoms with Gasteiger partial charge in [0.05, 0.1) is 4.92 Å². The Morgan fingerprint density at radius 3 is 2.68 bits per heavy atom. The number of non-ortho nitro benzene ring substituents is 1. The lowest BCUT2D eigenvalue weighted by atomic mass is 10.1. The molecule has 0 atom stereocenters. The average molecular weight is 321 g/mol. The molecule has 4 nitrogen and oxygen atoms in total. The van der Waals surface area contributed by atoms with Crippen molar-refractivity contribution in [3.05, 3.63) is 68.2 Å². The topological polar surface area (TPSA) is 55.2 Å². The molecule has 0 radical (unpaired) electrons. The predicted molar refractivity (Wildman–Crippen MR) is 79.3 cm³/mol. The van der Waals surface area contributed by atoms with Crippen molar-refractivity contribution >= 4 is 27.3 Å². The van der Waals surface area contributed by atoms with Crippen molar-refractivity contribution < 1.29 is 4.92 Å². The van der Waals surface area contributed by atoms with E-state index in [9.17, 15) is 10.1 Å². The maximum absolute atomic E-state index is 10.7. The number of halogens is 1. The van der Waals surface area contributed by atoms with Crippen molar-refractivity contribution in [2.75, 3.05) is 5.32 Å². The monoisotopic (exact) mass is 320 g/mol.